The fourth-order valence-corrected chi connectivity index (χ4v) is 19.0. The first-order chi connectivity index (χ1) is 65.1. The van der Waals surface area contributed by atoms with Crippen LogP contribution in [0.4, 0.5) is 0 Å². The number of hydrogen-bond donors (Lipinski definition) is 18. The largest absolute Gasteiger partial charge is 0.508 e. The number of nitrogens with one attached hydrogen (secondary N) is 13. The van der Waals surface area contributed by atoms with Crippen molar-refractivity contribution in [3.8, 4) is 5.75 Å². The van der Waals surface area contributed by atoms with Crippen molar-refractivity contribution >= 4 is 140 Å². The van der Waals surface area contributed by atoms with Gasteiger partial charge >= 0.3 is 0 Å². The number of nitrogens with zero attached hydrogens (tertiary/aromatic N) is 6. The van der Waals surface area contributed by atoms with Crippen molar-refractivity contribution in [1.29, 1.82) is 5.41 Å². The number of benzene rings is 3. The quantitative estimate of drug-likeness (QED) is 0.0199. The summed E-state index contributed by atoms with van der Waals surface area (Å²) in [5, 5.41) is 55.3. The normalized spacial score (nSPS) is 24.6. The lowest BCUT2D eigenvalue weighted by Crippen LogP contribution is -2.60. The molecule has 14 atom stereocenters. The maximum atomic E-state index is 15.9. The van der Waals surface area contributed by atoms with Crippen molar-refractivity contribution in [2.45, 2.75) is 241 Å². The molecule has 0 saturated carbocycles. The Hall–Kier alpha value is -13.3. The molecule has 41 nitrogen and oxygen atoms in total. The topological polar surface area (TPSA) is 617 Å². The van der Waals surface area contributed by atoms with Crippen molar-refractivity contribution in [3.63, 3.8) is 0 Å². The van der Waals surface area contributed by atoms with Crippen LogP contribution in [0.1, 0.15) is 166 Å². The zero-order chi connectivity index (χ0) is 98.6. The molecule has 7 heterocycles. The molecule has 0 unspecified atom stereocenters. The smallest absolute Gasteiger partial charge is 0.246 e. The number of imidazole rings is 1. The van der Waals surface area contributed by atoms with E-state index >= 15 is 52.7 Å². The summed E-state index contributed by atoms with van der Waals surface area (Å²) in [7, 11) is 2.80. The fourth-order valence-electron chi connectivity index (χ4n) is 18.2. The molecular formula is C94H130N22O19S. The number of aliphatic hydroxyl groups excluding tert-OH is 1. The van der Waals surface area contributed by atoms with Crippen LogP contribution in [0.5, 0.6) is 5.75 Å². The van der Waals surface area contributed by atoms with E-state index in [-0.39, 0.29) is 128 Å². The predicted octanol–water partition coefficient (Wildman–Crippen LogP) is 0.426. The van der Waals surface area contributed by atoms with E-state index in [1.54, 1.807) is 30.6 Å². The van der Waals surface area contributed by atoms with Gasteiger partial charge in [-0.25, -0.2) is 4.98 Å². The zero-order valence-electron chi connectivity index (χ0n) is 77.8. The highest BCUT2D eigenvalue weighted by Crippen LogP contribution is 2.31. The number of H-pyrrole nitrogens is 3. The molecule has 21 N–H and O–H groups in total. The number of thioether (sulfide) groups is 1. The summed E-state index contributed by atoms with van der Waals surface area (Å²) in [5.74, 6) is -18.7. The van der Waals surface area contributed by atoms with E-state index in [1.807, 2.05) is 58.0 Å². The number of Topliss-reactive ketones (excluding diaryl/α,β-unsaturated/α-hetero) is 2. The highest BCUT2D eigenvalue weighted by molar-refractivity contribution is 8.00. The minimum absolute atomic E-state index is 0.00347. The third-order valence-electron chi connectivity index (χ3n) is 25.4. The Balaban J connectivity index is 1.02. The third kappa shape index (κ3) is 28.7. The van der Waals surface area contributed by atoms with Crippen molar-refractivity contribution in [2.24, 2.45) is 35.0 Å². The number of ketones is 2. The number of carbonyl (C=O) groups is 17. The van der Waals surface area contributed by atoms with Crippen LogP contribution in [-0.4, -0.2) is 298 Å². The molecule has 4 fully saturated rings. The molecule has 15 amide bonds. The monoisotopic (exact) mass is 1900 g/mol. The summed E-state index contributed by atoms with van der Waals surface area (Å²) in [6.07, 6.45) is 5.93. The van der Waals surface area contributed by atoms with Gasteiger partial charge in [0.25, 0.3) is 0 Å². The number of amides is 15. The number of guanidine groups is 1. The molecule has 42 heteroatoms. The Bertz CT molecular complexity index is 5260. The minimum Gasteiger partial charge on any atom is -0.508 e. The van der Waals surface area contributed by atoms with Gasteiger partial charge in [-0.3, -0.25) is 86.9 Å². The van der Waals surface area contributed by atoms with E-state index < -0.39 is 234 Å². The number of aromatic hydroxyl groups is 1. The van der Waals surface area contributed by atoms with Gasteiger partial charge < -0.3 is 115 Å². The number of rotatable bonds is 26. The van der Waals surface area contributed by atoms with Crippen LogP contribution in [0.2, 0.25) is 0 Å². The number of carbonyl (C=O) groups excluding carboxylic acids is 17. The summed E-state index contributed by atoms with van der Waals surface area (Å²) in [6, 6.07) is 3.01. The molecule has 4 saturated heterocycles. The number of aromatic amines is 3. The minimum atomic E-state index is -1.73. The first kappa shape index (κ1) is 105. The summed E-state index contributed by atoms with van der Waals surface area (Å²) >= 11 is 0.791. The van der Waals surface area contributed by atoms with Crippen molar-refractivity contribution in [1.82, 2.24) is 92.3 Å². The van der Waals surface area contributed by atoms with Gasteiger partial charge in [0.2, 0.25) is 88.6 Å². The molecule has 0 bridgehead atoms. The van der Waals surface area contributed by atoms with Crippen LogP contribution in [-0.2, 0) is 107 Å². The van der Waals surface area contributed by atoms with Gasteiger partial charge in [-0.15, -0.1) is 11.8 Å². The van der Waals surface area contributed by atoms with E-state index in [1.165, 1.54) is 70.5 Å². The van der Waals surface area contributed by atoms with Crippen LogP contribution in [0.15, 0.2) is 97.7 Å². The van der Waals surface area contributed by atoms with Gasteiger partial charge in [-0.05, 0) is 124 Å². The molecule has 10 rings (SSSR count). The molecule has 136 heavy (non-hydrogen) atoms. The number of phenols is 1. The Labute approximate surface area is 792 Å². The highest BCUT2D eigenvalue weighted by atomic mass is 32.2. The van der Waals surface area contributed by atoms with Crippen molar-refractivity contribution in [3.05, 3.63) is 120 Å². The van der Waals surface area contributed by atoms with Gasteiger partial charge in [0.1, 0.15) is 78.0 Å². The van der Waals surface area contributed by atoms with Crippen LogP contribution in [0.25, 0.3) is 21.8 Å². The number of aliphatic hydroxyl groups is 1. The second kappa shape index (κ2) is 50.3. The molecular weight excluding hydrogens is 1770 g/mol. The van der Waals surface area contributed by atoms with E-state index in [0.29, 0.717) is 76.3 Å². The fraction of sp³-hybridized carbons (Fsp3) is 0.543. The van der Waals surface area contributed by atoms with Crippen LogP contribution in [0.3, 0.4) is 0 Å². The first-order valence-electron chi connectivity index (χ1n) is 46.6. The van der Waals surface area contributed by atoms with E-state index in [9.17, 15) is 39.0 Å². The lowest BCUT2D eigenvalue weighted by Gasteiger charge is -2.36. The third-order valence-corrected chi connectivity index (χ3v) is 26.5. The number of fused-ring (bicyclic) bond motifs is 5. The summed E-state index contributed by atoms with van der Waals surface area (Å²) in [4.78, 5) is 272. The van der Waals surface area contributed by atoms with Crippen molar-refractivity contribution in [2.75, 3.05) is 64.9 Å². The lowest BCUT2D eigenvalue weighted by atomic mass is 9.85. The Morgan fingerprint density at radius 3 is 1.60 bits per heavy atom. The van der Waals surface area contributed by atoms with E-state index in [2.05, 4.69) is 67.8 Å². The maximum Gasteiger partial charge on any atom is 0.246 e. The Morgan fingerprint density at radius 1 is 0.529 bits per heavy atom. The summed E-state index contributed by atoms with van der Waals surface area (Å²) in [6.45, 7) is 5.62. The number of primary amides is 2. The average Bonchev–Trinajstić information content (AvgIpc) is 1.63. The molecule has 6 aromatic rings. The highest BCUT2D eigenvalue weighted by Gasteiger charge is 2.47. The number of aromatic nitrogens is 4. The number of phenolic OH excluding ortho intramolecular Hbond substituents is 1. The second-order valence-corrected chi connectivity index (χ2v) is 37.0. The number of likely N-dealkylation sites (N-methyl/N-ethyl adjacent to an activating group) is 2. The Kier molecular flexibility index (Phi) is 38.8. The molecule has 736 valence electrons. The van der Waals surface area contributed by atoms with Gasteiger partial charge in [0.05, 0.1) is 37.7 Å². The van der Waals surface area contributed by atoms with Gasteiger partial charge in [-0.1, -0.05) is 102 Å². The average molecular weight is 1900 g/mol. The summed E-state index contributed by atoms with van der Waals surface area (Å²) < 4.78 is 0. The number of unbranched alkanes of at least 4 members (excludes halogenated alkanes) is 2. The number of nitrogens with two attached hydrogens (primary N) is 3. The van der Waals surface area contributed by atoms with E-state index in [4.69, 9.17) is 22.6 Å². The molecule has 3 aromatic carbocycles. The Morgan fingerprint density at radius 2 is 1.05 bits per heavy atom. The second-order valence-electron chi connectivity index (χ2n) is 35.9. The van der Waals surface area contributed by atoms with Gasteiger partial charge in [0, 0.05) is 136 Å². The first-order valence-corrected chi connectivity index (χ1v) is 47.8. The van der Waals surface area contributed by atoms with Crippen molar-refractivity contribution < 1.29 is 91.7 Å². The van der Waals surface area contributed by atoms with Crippen LogP contribution < -0.4 is 65.1 Å². The SMILES string of the molecule is CCCC[C@H]1C(=O)N(C)[C@@H](CCCC)C(=O)N[C@@H](CCCNC(=N)N)C(=O)N[C@H](C(=O)NCC(N)=O)CSCC(=O)N[C@@H](Cc2ccc(O)cc2)C(=O)N2CCC[C@@H]2C(=O)N[C@@H](CC(N)=O)C(=O)N2CCC[C@H]2C(=O)N[C@@H](Cc2cnc[nH]2)C(=O)N[C@@H](CC(C)C)C(=O)N2CCC[C@H]2C(=O)N[C@@H](Cc2c[nH]c3ccccc23)C(=O)C[C@@H](CO)C(=O)C[C@@H](Cc2c[nH]c3ccccc23)C(=O)N1C. The number of hydrogen-bond acceptors (Lipinski definition) is 22. The standard InChI is InChI=1S/C94H130N22O19S/c1-7-9-24-72-85(127)106-65(23-15-33-100-94(97)98)83(125)111-71(82(124)103-48-80(96)122)50-136-51-81(123)105-69(38-54-29-31-60(118)32-30-54)91(133)115-35-18-28-75(115)88(130)110-70(44-79(95)121)92(134)116-36-17-27-74(116)87(129)108-67(43-59-47-99-52-104-59)84(126)109-68(37-53(3)4)90(132)114-34-16-26-73(114)86(128)107-66(40-57-46-102-64-22-14-12-20-62(57)64)78(120)42-58(49-117)77(119)41-55(39-56-45-101-63-21-13-11-19-61(56)63)89(131)113(6)76(25-10-8-2)93(135)112(72)5/h11-14,19-22,29-32,45-47,52-53,55,58,65-76,101-102,117-118H,7-10,15-18,23-28,33-44,48-51H2,1-6H3,(H2,95,121)(H2,96,122)(H,99,104)(H,103,124)(H,105,123)(H,106,127)(H,107,128)(H,108,129)(H,109,126)(H,110,130)(H,111,125)(H4,97,98,100)/t55-,58+,65+,66+,67+,68+,69+,70+,71+,72+,73+,74+,75-,76+/m1/s1. The van der Waals surface area contributed by atoms with Crippen LogP contribution >= 0.6 is 11.8 Å². The maximum absolute atomic E-state index is 15.9. The number of para-hydroxylation sites is 2. The molecule has 0 aliphatic carbocycles. The lowest BCUT2D eigenvalue weighted by molar-refractivity contribution is -0.150. The van der Waals surface area contributed by atoms with Gasteiger partial charge in [-0.2, -0.15) is 0 Å². The summed E-state index contributed by atoms with van der Waals surface area (Å²) in [5.41, 5.74) is 20.3. The molecule has 4 aliphatic rings. The van der Waals surface area contributed by atoms with E-state index in [0.717, 1.165) is 16.7 Å². The zero-order valence-corrected chi connectivity index (χ0v) is 78.6. The molecule has 0 spiro atoms. The van der Waals surface area contributed by atoms with Crippen LogP contribution in [0, 0.1) is 23.2 Å². The predicted molar refractivity (Wildman–Crippen MR) is 503 cm³/mol. The molecule has 0 radical (unpaired) electrons. The molecule has 4 aliphatic heterocycles. The van der Waals surface area contributed by atoms with Gasteiger partial charge in [0.15, 0.2) is 11.7 Å². The molecule has 3 aromatic heterocycles.